The summed E-state index contributed by atoms with van der Waals surface area (Å²) in [6.45, 7) is 1.84. The first-order valence-corrected chi connectivity index (χ1v) is 7.89. The van der Waals surface area contributed by atoms with Crippen molar-refractivity contribution in [3.05, 3.63) is 29.8 Å². The van der Waals surface area contributed by atoms with Gasteiger partial charge in [-0.25, -0.2) is 0 Å². The van der Waals surface area contributed by atoms with Gasteiger partial charge in [0.1, 0.15) is 6.04 Å². The van der Waals surface area contributed by atoms with E-state index in [4.69, 9.17) is 4.74 Å². The number of carbonyl (C=O) groups is 1. The van der Waals surface area contributed by atoms with Crippen LogP contribution in [0.1, 0.15) is 5.56 Å². The molecule has 1 heterocycles. The molecule has 1 amide bonds. The minimum atomic E-state index is -0.245. The lowest BCUT2D eigenvalue weighted by atomic mass is 10.1. The number of ether oxygens (including phenoxy) is 1. The molecule has 0 saturated carbocycles. The van der Waals surface area contributed by atoms with E-state index in [1.54, 1.807) is 0 Å². The average molecular weight is 280 g/mol. The molecule has 0 aliphatic carbocycles. The molecule has 1 aliphatic rings. The van der Waals surface area contributed by atoms with Crippen molar-refractivity contribution < 1.29 is 9.53 Å². The number of nitrogens with one attached hydrogen (secondary N) is 2. The van der Waals surface area contributed by atoms with Gasteiger partial charge in [0.2, 0.25) is 5.91 Å². The van der Waals surface area contributed by atoms with Crippen LogP contribution in [0.25, 0.3) is 0 Å². The zero-order chi connectivity index (χ0) is 13.5. The average Bonchev–Trinajstić information content (AvgIpc) is 2.47. The first kappa shape index (κ1) is 14.4. The van der Waals surface area contributed by atoms with Gasteiger partial charge in [-0.2, -0.15) is 11.8 Å². The van der Waals surface area contributed by atoms with E-state index in [2.05, 4.69) is 29.0 Å². The van der Waals surface area contributed by atoms with Crippen LogP contribution >= 0.6 is 11.8 Å². The number of anilines is 1. The lowest BCUT2D eigenvalue weighted by Crippen LogP contribution is -2.48. The number of amides is 1. The van der Waals surface area contributed by atoms with Crippen LogP contribution in [0.5, 0.6) is 0 Å². The van der Waals surface area contributed by atoms with Gasteiger partial charge in [0, 0.05) is 12.2 Å². The Bertz CT molecular complexity index is 402. The predicted molar refractivity (Wildman–Crippen MR) is 79.8 cm³/mol. The molecule has 0 bridgehead atoms. The van der Waals surface area contributed by atoms with Crippen molar-refractivity contribution in [3.8, 4) is 0 Å². The van der Waals surface area contributed by atoms with E-state index in [1.807, 2.05) is 23.9 Å². The third kappa shape index (κ3) is 4.53. The minimum absolute atomic E-state index is 0.0310. The molecule has 0 spiro atoms. The summed E-state index contributed by atoms with van der Waals surface area (Å²) in [5.74, 6) is 1.09. The number of aryl methyl sites for hydroxylation is 1. The number of carbonyl (C=O) groups excluding carboxylic acids is 1. The molecule has 1 saturated heterocycles. The van der Waals surface area contributed by atoms with Crippen molar-refractivity contribution in [3.63, 3.8) is 0 Å². The van der Waals surface area contributed by atoms with Crippen molar-refractivity contribution in [2.75, 3.05) is 37.1 Å². The second-order valence-corrected chi connectivity index (χ2v) is 5.50. The van der Waals surface area contributed by atoms with Gasteiger partial charge in [0.15, 0.2) is 0 Å². The Morgan fingerprint density at radius 1 is 1.47 bits per heavy atom. The van der Waals surface area contributed by atoms with Gasteiger partial charge in [-0.05, 0) is 36.1 Å². The molecule has 104 valence electrons. The molecule has 19 heavy (non-hydrogen) atoms. The summed E-state index contributed by atoms with van der Waals surface area (Å²) in [5.41, 5.74) is 2.14. The van der Waals surface area contributed by atoms with Crippen molar-refractivity contribution in [1.82, 2.24) is 5.32 Å². The molecule has 1 aromatic rings. The van der Waals surface area contributed by atoms with Gasteiger partial charge in [0.25, 0.3) is 0 Å². The maximum atomic E-state index is 12.0. The molecule has 5 heteroatoms. The van der Waals surface area contributed by atoms with E-state index in [1.165, 1.54) is 5.56 Å². The van der Waals surface area contributed by atoms with Crippen molar-refractivity contribution in [1.29, 1.82) is 0 Å². The van der Waals surface area contributed by atoms with Gasteiger partial charge in [-0.3, -0.25) is 4.79 Å². The van der Waals surface area contributed by atoms with Crippen molar-refractivity contribution in [2.45, 2.75) is 12.5 Å². The van der Waals surface area contributed by atoms with Crippen LogP contribution in [0, 0.1) is 0 Å². The van der Waals surface area contributed by atoms with E-state index < -0.39 is 0 Å². The highest BCUT2D eigenvalue weighted by molar-refractivity contribution is 7.98. The summed E-state index contributed by atoms with van der Waals surface area (Å²) in [4.78, 5) is 12.0. The van der Waals surface area contributed by atoms with Crippen LogP contribution in [0.3, 0.4) is 0 Å². The number of hydrogen-bond acceptors (Lipinski definition) is 4. The lowest BCUT2D eigenvalue weighted by Gasteiger charge is -2.22. The molecular formula is C14H20N2O2S. The van der Waals surface area contributed by atoms with Crippen LogP contribution in [0.4, 0.5) is 5.69 Å². The second-order valence-electron chi connectivity index (χ2n) is 4.51. The highest BCUT2D eigenvalue weighted by Gasteiger charge is 2.20. The Morgan fingerprint density at radius 2 is 2.26 bits per heavy atom. The van der Waals surface area contributed by atoms with Crippen LogP contribution in [0.2, 0.25) is 0 Å². The highest BCUT2D eigenvalue weighted by Crippen LogP contribution is 2.12. The van der Waals surface area contributed by atoms with Crippen molar-refractivity contribution in [2.24, 2.45) is 0 Å². The van der Waals surface area contributed by atoms with E-state index in [-0.39, 0.29) is 11.9 Å². The number of rotatable bonds is 5. The third-order valence-corrected chi connectivity index (χ3v) is 3.67. The van der Waals surface area contributed by atoms with Gasteiger partial charge in [-0.1, -0.05) is 12.1 Å². The Balaban J connectivity index is 1.86. The number of hydrogen-bond donors (Lipinski definition) is 2. The first-order chi connectivity index (χ1) is 9.29. The van der Waals surface area contributed by atoms with Gasteiger partial charge in [-0.15, -0.1) is 0 Å². The largest absolute Gasteiger partial charge is 0.378 e. The minimum Gasteiger partial charge on any atom is -0.378 e. The lowest BCUT2D eigenvalue weighted by molar-refractivity contribution is -0.120. The summed E-state index contributed by atoms with van der Waals surface area (Å²) in [6.07, 6.45) is 3.17. The molecule has 0 aromatic heterocycles. The normalized spacial score (nSPS) is 19.1. The fraction of sp³-hybridized carbons (Fsp3) is 0.500. The standard InChI is InChI=1S/C14H20N2O2S/c1-19-9-6-11-2-4-12(5-3-11)16-14(17)13-10-18-8-7-15-13/h2-5,13,15H,6-10H2,1H3,(H,16,17). The van der Waals surface area contributed by atoms with Crippen LogP contribution in [-0.2, 0) is 16.0 Å². The number of morpholine rings is 1. The topological polar surface area (TPSA) is 50.4 Å². The second kappa shape index (κ2) is 7.53. The molecule has 1 atom stereocenters. The van der Waals surface area contributed by atoms with Crippen LogP contribution < -0.4 is 10.6 Å². The SMILES string of the molecule is CSCCc1ccc(NC(=O)C2COCCN2)cc1. The maximum Gasteiger partial charge on any atom is 0.243 e. The summed E-state index contributed by atoms with van der Waals surface area (Å²) in [7, 11) is 0. The maximum absolute atomic E-state index is 12.0. The van der Waals surface area contributed by atoms with Crippen LogP contribution in [-0.4, -0.2) is 43.7 Å². The first-order valence-electron chi connectivity index (χ1n) is 6.49. The highest BCUT2D eigenvalue weighted by atomic mass is 32.2. The molecule has 1 aliphatic heterocycles. The van der Waals surface area contributed by atoms with Crippen LogP contribution in [0.15, 0.2) is 24.3 Å². The zero-order valence-electron chi connectivity index (χ0n) is 11.1. The Labute approximate surface area is 118 Å². The third-order valence-electron chi connectivity index (χ3n) is 3.05. The summed E-state index contributed by atoms with van der Waals surface area (Å²) >= 11 is 1.84. The molecule has 1 aromatic carbocycles. The van der Waals surface area contributed by atoms with Gasteiger partial charge >= 0.3 is 0 Å². The van der Waals surface area contributed by atoms with Gasteiger partial charge in [0.05, 0.1) is 13.2 Å². The Kier molecular flexibility index (Phi) is 5.69. The predicted octanol–water partition coefficient (Wildman–Crippen LogP) is 1.52. The molecule has 1 fully saturated rings. The van der Waals surface area contributed by atoms with Crippen molar-refractivity contribution >= 4 is 23.4 Å². The zero-order valence-corrected chi connectivity index (χ0v) is 12.0. The monoisotopic (exact) mass is 280 g/mol. The Morgan fingerprint density at radius 3 is 2.89 bits per heavy atom. The Hall–Kier alpha value is -1.04. The van der Waals surface area contributed by atoms with E-state index in [0.717, 1.165) is 24.4 Å². The summed E-state index contributed by atoms with van der Waals surface area (Å²) < 4.78 is 5.28. The molecule has 4 nitrogen and oxygen atoms in total. The molecule has 2 N–H and O–H groups in total. The quantitative estimate of drug-likeness (QED) is 0.858. The van der Waals surface area contributed by atoms with E-state index in [9.17, 15) is 4.79 Å². The van der Waals surface area contributed by atoms with Gasteiger partial charge < -0.3 is 15.4 Å². The van der Waals surface area contributed by atoms with E-state index >= 15 is 0 Å². The number of benzene rings is 1. The fourth-order valence-corrected chi connectivity index (χ4v) is 2.38. The molecule has 0 radical (unpaired) electrons. The molecular weight excluding hydrogens is 260 g/mol. The molecule has 2 rings (SSSR count). The summed E-state index contributed by atoms with van der Waals surface area (Å²) in [6, 6.07) is 7.80. The van der Waals surface area contributed by atoms with E-state index in [0.29, 0.717) is 13.2 Å². The molecule has 1 unspecified atom stereocenters. The summed E-state index contributed by atoms with van der Waals surface area (Å²) in [5, 5.41) is 6.05. The number of thioether (sulfide) groups is 1. The fourth-order valence-electron chi connectivity index (χ4n) is 1.94. The smallest absolute Gasteiger partial charge is 0.243 e.